The number of carboxylic acid groups (broad SMARTS) is 1. The van der Waals surface area contributed by atoms with Crippen LogP contribution in [0.15, 0.2) is 24.3 Å². The molecule has 6 nitrogen and oxygen atoms in total. The zero-order valence-corrected chi connectivity index (χ0v) is 12.0. The van der Waals surface area contributed by atoms with E-state index in [1.165, 1.54) is 23.8 Å². The van der Waals surface area contributed by atoms with Crippen LogP contribution in [0.1, 0.15) is 6.92 Å². The van der Waals surface area contributed by atoms with Crippen LogP contribution in [-0.4, -0.2) is 46.3 Å². The van der Waals surface area contributed by atoms with Gasteiger partial charge in [-0.2, -0.15) is 0 Å². The van der Waals surface area contributed by atoms with E-state index in [-0.39, 0.29) is 5.37 Å². The Balaban J connectivity index is 2.16. The first-order chi connectivity index (χ1) is 9.54. The van der Waals surface area contributed by atoms with Crippen molar-refractivity contribution < 1.29 is 19.4 Å². The highest BCUT2D eigenvalue weighted by molar-refractivity contribution is 8.00. The molecule has 1 aliphatic rings. The third-order valence-corrected chi connectivity index (χ3v) is 4.31. The average Bonchev–Trinajstić information content (AvgIpc) is 2.81. The standard InChI is InChI=1S/C13H16N2O4S/c1-8-15(10(7-20-8)12(16)17)13(18)14-9-5-3-4-6-11(9)19-2/h3-6,8,10H,7H2,1-2H3,(H,14,18)(H,16,17). The second-order valence-electron chi connectivity index (χ2n) is 4.32. The molecule has 0 radical (unpaired) electrons. The second kappa shape index (κ2) is 6.04. The van der Waals surface area contributed by atoms with Gasteiger partial charge in [0.1, 0.15) is 11.8 Å². The van der Waals surface area contributed by atoms with Crippen molar-refractivity contribution in [2.24, 2.45) is 0 Å². The molecule has 0 saturated carbocycles. The highest BCUT2D eigenvalue weighted by atomic mass is 32.2. The third kappa shape index (κ3) is 2.82. The number of anilines is 1. The summed E-state index contributed by atoms with van der Waals surface area (Å²) in [5, 5.41) is 11.7. The van der Waals surface area contributed by atoms with Crippen molar-refractivity contribution in [1.29, 1.82) is 0 Å². The van der Waals surface area contributed by atoms with Gasteiger partial charge in [-0.25, -0.2) is 9.59 Å². The Morgan fingerprint density at radius 2 is 2.15 bits per heavy atom. The molecule has 1 aromatic carbocycles. The number of hydrogen-bond donors (Lipinski definition) is 2. The predicted molar refractivity (Wildman–Crippen MR) is 77.2 cm³/mol. The highest BCUT2D eigenvalue weighted by Gasteiger charge is 2.39. The molecule has 1 aliphatic heterocycles. The minimum Gasteiger partial charge on any atom is -0.495 e. The van der Waals surface area contributed by atoms with E-state index in [0.29, 0.717) is 17.2 Å². The smallest absolute Gasteiger partial charge is 0.327 e. The number of nitrogens with one attached hydrogen (secondary N) is 1. The fraction of sp³-hybridized carbons (Fsp3) is 0.385. The molecule has 1 aromatic rings. The highest BCUT2D eigenvalue weighted by Crippen LogP contribution is 2.30. The van der Waals surface area contributed by atoms with Crippen LogP contribution in [0.3, 0.4) is 0 Å². The average molecular weight is 296 g/mol. The molecule has 1 fully saturated rings. The molecule has 7 heteroatoms. The minimum atomic E-state index is -0.989. The summed E-state index contributed by atoms with van der Waals surface area (Å²) in [6.07, 6.45) is 0. The van der Waals surface area contributed by atoms with Crippen molar-refractivity contribution in [2.45, 2.75) is 18.3 Å². The van der Waals surface area contributed by atoms with Crippen molar-refractivity contribution in [1.82, 2.24) is 4.90 Å². The summed E-state index contributed by atoms with van der Waals surface area (Å²) in [6.45, 7) is 1.81. The number of hydrogen-bond acceptors (Lipinski definition) is 4. The number of carbonyl (C=O) groups is 2. The quantitative estimate of drug-likeness (QED) is 0.892. The Hall–Kier alpha value is -1.89. The summed E-state index contributed by atoms with van der Waals surface area (Å²) in [6, 6.07) is 5.77. The Morgan fingerprint density at radius 3 is 2.80 bits per heavy atom. The zero-order valence-electron chi connectivity index (χ0n) is 11.2. The van der Waals surface area contributed by atoms with E-state index in [0.717, 1.165) is 0 Å². The monoisotopic (exact) mass is 296 g/mol. The molecule has 108 valence electrons. The number of para-hydroxylation sites is 2. The van der Waals surface area contributed by atoms with Gasteiger partial charge >= 0.3 is 12.0 Å². The summed E-state index contributed by atoms with van der Waals surface area (Å²) in [5.41, 5.74) is 0.522. The summed E-state index contributed by atoms with van der Waals surface area (Å²) < 4.78 is 5.16. The van der Waals surface area contributed by atoms with E-state index in [1.807, 2.05) is 6.92 Å². The van der Waals surface area contributed by atoms with E-state index >= 15 is 0 Å². The van der Waals surface area contributed by atoms with Gasteiger partial charge in [0, 0.05) is 5.75 Å². The number of amides is 2. The Morgan fingerprint density at radius 1 is 1.45 bits per heavy atom. The van der Waals surface area contributed by atoms with Gasteiger partial charge in [0.25, 0.3) is 0 Å². The molecule has 2 amide bonds. The number of aliphatic carboxylic acids is 1. The number of urea groups is 1. The first-order valence-electron chi connectivity index (χ1n) is 6.11. The van der Waals surface area contributed by atoms with Crippen LogP contribution in [0.5, 0.6) is 5.75 Å². The molecule has 2 rings (SSSR count). The SMILES string of the molecule is COc1ccccc1NC(=O)N1C(C)SCC1C(=O)O. The lowest BCUT2D eigenvalue weighted by atomic mass is 10.2. The minimum absolute atomic E-state index is 0.175. The third-order valence-electron chi connectivity index (χ3n) is 3.09. The van der Waals surface area contributed by atoms with Gasteiger partial charge in [0.05, 0.1) is 18.2 Å². The van der Waals surface area contributed by atoms with Crippen molar-refractivity contribution >= 4 is 29.4 Å². The number of thioether (sulfide) groups is 1. The van der Waals surface area contributed by atoms with Crippen LogP contribution in [0.2, 0.25) is 0 Å². The number of carboxylic acids is 1. The number of methoxy groups -OCH3 is 1. The molecule has 0 aliphatic carbocycles. The Labute approximate surface area is 121 Å². The molecule has 0 spiro atoms. The molecule has 1 heterocycles. The number of ether oxygens (including phenoxy) is 1. The molecule has 2 N–H and O–H groups in total. The largest absolute Gasteiger partial charge is 0.495 e. The van der Waals surface area contributed by atoms with Gasteiger partial charge in [0.2, 0.25) is 0 Å². The molecule has 0 bridgehead atoms. The number of rotatable bonds is 3. The normalized spacial score (nSPS) is 21.6. The van der Waals surface area contributed by atoms with Crippen molar-refractivity contribution in [2.75, 3.05) is 18.2 Å². The number of carbonyl (C=O) groups excluding carboxylic acids is 1. The molecule has 2 unspecified atom stereocenters. The van der Waals surface area contributed by atoms with E-state index in [2.05, 4.69) is 5.32 Å². The first-order valence-corrected chi connectivity index (χ1v) is 7.16. The van der Waals surface area contributed by atoms with Crippen LogP contribution in [0, 0.1) is 0 Å². The predicted octanol–water partition coefficient (Wildman–Crippen LogP) is 2.08. The van der Waals surface area contributed by atoms with Gasteiger partial charge in [-0.15, -0.1) is 11.8 Å². The second-order valence-corrected chi connectivity index (χ2v) is 5.67. The summed E-state index contributed by atoms with van der Waals surface area (Å²) >= 11 is 1.44. The molecular formula is C13H16N2O4S. The maximum absolute atomic E-state index is 12.3. The lowest BCUT2D eigenvalue weighted by molar-refractivity contribution is -0.141. The van der Waals surface area contributed by atoms with Crippen LogP contribution >= 0.6 is 11.8 Å². The van der Waals surface area contributed by atoms with Gasteiger partial charge in [-0.1, -0.05) is 12.1 Å². The van der Waals surface area contributed by atoms with Crippen LogP contribution in [-0.2, 0) is 4.79 Å². The van der Waals surface area contributed by atoms with E-state index in [4.69, 9.17) is 9.84 Å². The fourth-order valence-electron chi connectivity index (χ4n) is 2.07. The fourth-order valence-corrected chi connectivity index (χ4v) is 3.24. The van der Waals surface area contributed by atoms with Crippen LogP contribution in [0.4, 0.5) is 10.5 Å². The van der Waals surface area contributed by atoms with Gasteiger partial charge in [0.15, 0.2) is 0 Å². The van der Waals surface area contributed by atoms with Crippen molar-refractivity contribution in [3.8, 4) is 5.75 Å². The maximum atomic E-state index is 12.3. The Kier molecular flexibility index (Phi) is 4.39. The lowest BCUT2D eigenvalue weighted by Crippen LogP contribution is -2.46. The first kappa shape index (κ1) is 14.5. The molecule has 2 atom stereocenters. The van der Waals surface area contributed by atoms with Gasteiger partial charge in [-0.3, -0.25) is 4.90 Å². The molecule has 0 aromatic heterocycles. The topological polar surface area (TPSA) is 78.9 Å². The van der Waals surface area contributed by atoms with E-state index in [1.54, 1.807) is 24.3 Å². The van der Waals surface area contributed by atoms with Gasteiger partial charge in [-0.05, 0) is 19.1 Å². The van der Waals surface area contributed by atoms with E-state index in [9.17, 15) is 9.59 Å². The zero-order chi connectivity index (χ0) is 14.7. The van der Waals surface area contributed by atoms with Crippen molar-refractivity contribution in [3.63, 3.8) is 0 Å². The summed E-state index contributed by atoms with van der Waals surface area (Å²) in [7, 11) is 1.51. The summed E-state index contributed by atoms with van der Waals surface area (Å²) in [5.74, 6) is -0.0557. The Bertz CT molecular complexity index is 523. The van der Waals surface area contributed by atoms with Crippen LogP contribution in [0.25, 0.3) is 0 Å². The number of nitrogens with zero attached hydrogens (tertiary/aromatic N) is 1. The van der Waals surface area contributed by atoms with E-state index < -0.39 is 18.0 Å². The lowest BCUT2D eigenvalue weighted by Gasteiger charge is -2.25. The molecular weight excluding hydrogens is 280 g/mol. The molecule has 20 heavy (non-hydrogen) atoms. The maximum Gasteiger partial charge on any atom is 0.327 e. The number of benzene rings is 1. The summed E-state index contributed by atoms with van der Waals surface area (Å²) in [4.78, 5) is 24.8. The van der Waals surface area contributed by atoms with Gasteiger partial charge < -0.3 is 15.2 Å². The van der Waals surface area contributed by atoms with Crippen molar-refractivity contribution in [3.05, 3.63) is 24.3 Å². The van der Waals surface area contributed by atoms with Crippen LogP contribution < -0.4 is 10.1 Å². The molecule has 1 saturated heterocycles.